The van der Waals surface area contributed by atoms with Crippen LogP contribution >= 0.6 is 0 Å². The van der Waals surface area contributed by atoms with Crippen LogP contribution in [0.25, 0.3) is 0 Å². The summed E-state index contributed by atoms with van der Waals surface area (Å²) in [4.78, 5) is 9.37. The molecule has 3 rings (SSSR count). The maximum atomic E-state index is 5.92. The number of nitrogens with zero attached hydrogens (tertiary/aromatic N) is 4. The normalized spacial score (nSPS) is 28.1. The number of aromatic nitrogens is 2. The maximum absolute atomic E-state index is 5.92. The Labute approximate surface area is 120 Å². The summed E-state index contributed by atoms with van der Waals surface area (Å²) in [7, 11) is 4.29. The van der Waals surface area contributed by atoms with Crippen molar-refractivity contribution in [3.8, 4) is 0 Å². The summed E-state index contributed by atoms with van der Waals surface area (Å²) in [5.41, 5.74) is 5.88. The molecule has 20 heavy (non-hydrogen) atoms. The number of hydrogen-bond donors (Lipinski definition) is 1. The first-order valence-electron chi connectivity index (χ1n) is 7.57. The molecule has 1 atom stereocenters. The lowest BCUT2D eigenvalue weighted by molar-refractivity contribution is 0.180. The Morgan fingerprint density at radius 2 is 2.10 bits per heavy atom. The molecule has 6 heteroatoms. The van der Waals surface area contributed by atoms with Gasteiger partial charge in [0.2, 0.25) is 5.89 Å². The average molecular weight is 279 g/mol. The molecule has 2 heterocycles. The van der Waals surface area contributed by atoms with Gasteiger partial charge in [0.25, 0.3) is 0 Å². The smallest absolute Gasteiger partial charge is 0.234 e. The summed E-state index contributed by atoms with van der Waals surface area (Å²) in [6.45, 7) is 3.75. The Kier molecular flexibility index (Phi) is 3.79. The second-order valence-corrected chi connectivity index (χ2v) is 6.41. The highest BCUT2D eigenvalue weighted by Crippen LogP contribution is 2.42. The van der Waals surface area contributed by atoms with E-state index in [0.717, 1.165) is 44.2 Å². The molecule has 6 nitrogen and oxygen atoms in total. The van der Waals surface area contributed by atoms with E-state index in [1.54, 1.807) is 0 Å². The van der Waals surface area contributed by atoms with E-state index in [4.69, 9.17) is 15.2 Å². The molecular formula is C14H25N5O. The van der Waals surface area contributed by atoms with Gasteiger partial charge in [0.15, 0.2) is 5.82 Å². The second-order valence-electron chi connectivity index (χ2n) is 6.41. The SMILES string of the molecule is CN1CCCN(C)C(c2noc(C3(CN)CCC3)n2)C1. The van der Waals surface area contributed by atoms with Gasteiger partial charge in [0.1, 0.15) is 0 Å². The van der Waals surface area contributed by atoms with Crippen molar-refractivity contribution in [2.24, 2.45) is 5.73 Å². The molecule has 1 saturated carbocycles. The molecule has 1 unspecified atom stereocenters. The van der Waals surface area contributed by atoms with Crippen molar-refractivity contribution in [3.05, 3.63) is 11.7 Å². The fraction of sp³-hybridized carbons (Fsp3) is 0.857. The summed E-state index contributed by atoms with van der Waals surface area (Å²) in [5.74, 6) is 1.57. The average Bonchev–Trinajstić information content (AvgIpc) is 2.78. The fourth-order valence-electron chi connectivity index (χ4n) is 3.25. The summed E-state index contributed by atoms with van der Waals surface area (Å²) in [5, 5.41) is 4.25. The molecule has 0 amide bonds. The molecule has 1 aliphatic carbocycles. The first-order chi connectivity index (χ1) is 9.64. The molecule has 0 bridgehead atoms. The highest BCUT2D eigenvalue weighted by molar-refractivity contribution is 5.12. The minimum atomic E-state index is -0.0412. The van der Waals surface area contributed by atoms with Crippen LogP contribution in [0.3, 0.4) is 0 Å². The molecule has 2 fully saturated rings. The van der Waals surface area contributed by atoms with Crippen LogP contribution in [0.1, 0.15) is 43.4 Å². The van der Waals surface area contributed by atoms with E-state index in [2.05, 4.69) is 29.1 Å². The van der Waals surface area contributed by atoms with Gasteiger partial charge >= 0.3 is 0 Å². The molecular weight excluding hydrogens is 254 g/mol. The Balaban J connectivity index is 1.81. The fourth-order valence-corrected chi connectivity index (χ4v) is 3.25. The third kappa shape index (κ3) is 2.36. The number of hydrogen-bond acceptors (Lipinski definition) is 6. The number of nitrogens with two attached hydrogens (primary N) is 1. The van der Waals surface area contributed by atoms with Crippen LogP contribution in [0.2, 0.25) is 0 Å². The van der Waals surface area contributed by atoms with Crippen LogP contribution < -0.4 is 5.73 Å². The zero-order valence-electron chi connectivity index (χ0n) is 12.5. The monoisotopic (exact) mass is 279 g/mol. The number of rotatable bonds is 3. The zero-order valence-corrected chi connectivity index (χ0v) is 12.5. The topological polar surface area (TPSA) is 71.4 Å². The van der Waals surface area contributed by atoms with Crippen LogP contribution in [0.15, 0.2) is 4.52 Å². The molecule has 2 N–H and O–H groups in total. The predicted octanol–water partition coefficient (Wildman–Crippen LogP) is 0.758. The lowest BCUT2D eigenvalue weighted by atomic mass is 9.69. The van der Waals surface area contributed by atoms with Crippen molar-refractivity contribution >= 4 is 0 Å². The summed E-state index contributed by atoms with van der Waals surface area (Å²) in [6, 6.07) is 0.218. The third-order valence-electron chi connectivity index (χ3n) is 4.96. The van der Waals surface area contributed by atoms with E-state index in [1.165, 1.54) is 12.8 Å². The number of likely N-dealkylation sites (N-methyl/N-ethyl adjacent to an activating group) is 2. The van der Waals surface area contributed by atoms with Gasteiger partial charge in [-0.1, -0.05) is 11.6 Å². The molecule has 0 aromatic carbocycles. The van der Waals surface area contributed by atoms with Gasteiger partial charge in [-0.15, -0.1) is 0 Å². The van der Waals surface area contributed by atoms with E-state index >= 15 is 0 Å². The summed E-state index contributed by atoms with van der Waals surface area (Å²) >= 11 is 0. The molecule has 1 aliphatic heterocycles. The standard InChI is InChI=1S/C14H25N5O/c1-18-7-4-8-19(2)11(9-18)12-16-13(20-17-12)14(10-15)5-3-6-14/h11H,3-10,15H2,1-2H3. The van der Waals surface area contributed by atoms with Crippen molar-refractivity contribution in [1.82, 2.24) is 19.9 Å². The van der Waals surface area contributed by atoms with Gasteiger partial charge in [0, 0.05) is 13.1 Å². The minimum absolute atomic E-state index is 0.0412. The lowest BCUT2D eigenvalue weighted by Crippen LogP contribution is -2.42. The van der Waals surface area contributed by atoms with Gasteiger partial charge in [-0.05, 0) is 46.4 Å². The highest BCUT2D eigenvalue weighted by Gasteiger charge is 2.43. The quantitative estimate of drug-likeness (QED) is 0.880. The van der Waals surface area contributed by atoms with Crippen LogP contribution in [0.5, 0.6) is 0 Å². The van der Waals surface area contributed by atoms with Gasteiger partial charge in [0.05, 0.1) is 11.5 Å². The van der Waals surface area contributed by atoms with Crippen LogP contribution in [-0.2, 0) is 5.41 Å². The van der Waals surface area contributed by atoms with E-state index in [9.17, 15) is 0 Å². The molecule has 1 aromatic rings. The Morgan fingerprint density at radius 1 is 1.30 bits per heavy atom. The third-order valence-corrected chi connectivity index (χ3v) is 4.96. The van der Waals surface area contributed by atoms with Crippen LogP contribution in [0, 0.1) is 0 Å². The summed E-state index contributed by atoms with van der Waals surface area (Å²) in [6.07, 6.45) is 4.54. The molecule has 2 aliphatic rings. The molecule has 0 radical (unpaired) electrons. The van der Waals surface area contributed by atoms with E-state index in [0.29, 0.717) is 6.54 Å². The summed E-state index contributed by atoms with van der Waals surface area (Å²) < 4.78 is 5.55. The van der Waals surface area contributed by atoms with Gasteiger partial charge in [-0.25, -0.2) is 0 Å². The molecule has 112 valence electrons. The molecule has 1 saturated heterocycles. The highest BCUT2D eigenvalue weighted by atomic mass is 16.5. The maximum Gasteiger partial charge on any atom is 0.234 e. The predicted molar refractivity (Wildman–Crippen MR) is 76.4 cm³/mol. The molecule has 1 aromatic heterocycles. The second kappa shape index (κ2) is 5.42. The van der Waals surface area contributed by atoms with E-state index < -0.39 is 0 Å². The van der Waals surface area contributed by atoms with Crippen molar-refractivity contribution in [2.75, 3.05) is 40.3 Å². The molecule has 0 spiro atoms. The van der Waals surface area contributed by atoms with Crippen molar-refractivity contribution in [2.45, 2.75) is 37.1 Å². The Morgan fingerprint density at radius 3 is 2.75 bits per heavy atom. The van der Waals surface area contributed by atoms with E-state index in [1.807, 2.05) is 0 Å². The zero-order chi connectivity index (χ0) is 14.2. The largest absolute Gasteiger partial charge is 0.339 e. The van der Waals surface area contributed by atoms with Crippen molar-refractivity contribution in [3.63, 3.8) is 0 Å². The Bertz CT molecular complexity index is 451. The van der Waals surface area contributed by atoms with Crippen molar-refractivity contribution < 1.29 is 4.52 Å². The van der Waals surface area contributed by atoms with Crippen molar-refractivity contribution in [1.29, 1.82) is 0 Å². The first-order valence-corrected chi connectivity index (χ1v) is 7.57. The van der Waals surface area contributed by atoms with Crippen LogP contribution in [-0.4, -0.2) is 60.2 Å². The minimum Gasteiger partial charge on any atom is -0.339 e. The van der Waals surface area contributed by atoms with Gasteiger partial charge in [-0.2, -0.15) is 4.98 Å². The lowest BCUT2D eigenvalue weighted by Gasteiger charge is -2.37. The van der Waals surface area contributed by atoms with E-state index in [-0.39, 0.29) is 11.5 Å². The Hall–Kier alpha value is -0.980. The van der Waals surface area contributed by atoms with Gasteiger partial charge in [-0.3, -0.25) is 4.90 Å². The first kappa shape index (κ1) is 14.0. The van der Waals surface area contributed by atoms with Crippen LogP contribution in [0.4, 0.5) is 0 Å². The van der Waals surface area contributed by atoms with Gasteiger partial charge < -0.3 is 15.2 Å².